The summed E-state index contributed by atoms with van der Waals surface area (Å²) < 4.78 is 5.19. The van der Waals surface area contributed by atoms with Gasteiger partial charge in [0, 0.05) is 11.5 Å². The van der Waals surface area contributed by atoms with Gasteiger partial charge in [-0.1, -0.05) is 32.0 Å². The SMILES string of the molecule is CC(C)C(=N)OCc1ccccc1O. The second-order valence-corrected chi connectivity index (χ2v) is 3.44. The van der Waals surface area contributed by atoms with E-state index < -0.39 is 0 Å². The third-order valence-corrected chi connectivity index (χ3v) is 1.90. The highest BCUT2D eigenvalue weighted by Gasteiger charge is 2.05. The van der Waals surface area contributed by atoms with Crippen molar-refractivity contribution in [3.8, 4) is 5.75 Å². The van der Waals surface area contributed by atoms with Gasteiger partial charge in [0.1, 0.15) is 12.4 Å². The molecule has 0 aliphatic rings. The van der Waals surface area contributed by atoms with Crippen LogP contribution in [0.3, 0.4) is 0 Å². The lowest BCUT2D eigenvalue weighted by molar-refractivity contribution is 0.265. The van der Waals surface area contributed by atoms with Gasteiger partial charge in [-0.15, -0.1) is 0 Å². The Kier molecular flexibility index (Phi) is 3.51. The number of phenols is 1. The fourth-order valence-corrected chi connectivity index (χ4v) is 0.955. The third kappa shape index (κ3) is 2.76. The molecular formula is C11H15NO2. The molecule has 0 spiro atoms. The Morgan fingerprint density at radius 2 is 2.07 bits per heavy atom. The van der Waals surface area contributed by atoms with Crippen LogP contribution in [0.25, 0.3) is 0 Å². The van der Waals surface area contributed by atoms with Crippen molar-refractivity contribution in [2.45, 2.75) is 20.5 Å². The molecule has 1 aromatic rings. The van der Waals surface area contributed by atoms with Gasteiger partial charge in [0.25, 0.3) is 0 Å². The summed E-state index contributed by atoms with van der Waals surface area (Å²) in [7, 11) is 0. The minimum Gasteiger partial charge on any atom is -0.508 e. The van der Waals surface area contributed by atoms with Crippen molar-refractivity contribution in [2.24, 2.45) is 5.92 Å². The molecule has 0 heterocycles. The molecule has 3 nitrogen and oxygen atoms in total. The number of aromatic hydroxyl groups is 1. The Morgan fingerprint density at radius 3 is 2.64 bits per heavy atom. The van der Waals surface area contributed by atoms with Crippen LogP contribution in [-0.4, -0.2) is 11.0 Å². The molecule has 2 N–H and O–H groups in total. The van der Waals surface area contributed by atoms with E-state index >= 15 is 0 Å². The normalized spacial score (nSPS) is 10.2. The minimum atomic E-state index is 0.0841. The van der Waals surface area contributed by atoms with Gasteiger partial charge >= 0.3 is 0 Å². The van der Waals surface area contributed by atoms with Crippen LogP contribution in [0.5, 0.6) is 5.75 Å². The van der Waals surface area contributed by atoms with Crippen molar-refractivity contribution in [1.29, 1.82) is 5.41 Å². The Balaban J connectivity index is 2.54. The van der Waals surface area contributed by atoms with Gasteiger partial charge < -0.3 is 9.84 Å². The summed E-state index contributed by atoms with van der Waals surface area (Å²) in [6.07, 6.45) is 0. The van der Waals surface area contributed by atoms with Crippen LogP contribution in [0, 0.1) is 11.3 Å². The van der Waals surface area contributed by atoms with Crippen molar-refractivity contribution in [3.63, 3.8) is 0 Å². The zero-order valence-electron chi connectivity index (χ0n) is 8.45. The van der Waals surface area contributed by atoms with E-state index in [-0.39, 0.29) is 24.2 Å². The molecule has 0 bridgehead atoms. The average molecular weight is 193 g/mol. The van der Waals surface area contributed by atoms with Crippen LogP contribution in [0.15, 0.2) is 24.3 Å². The molecule has 0 aliphatic heterocycles. The van der Waals surface area contributed by atoms with Crippen molar-refractivity contribution in [1.82, 2.24) is 0 Å². The van der Waals surface area contributed by atoms with E-state index in [1.807, 2.05) is 19.9 Å². The molecule has 0 saturated heterocycles. The number of phenolic OH excluding ortho intramolecular Hbond substituents is 1. The van der Waals surface area contributed by atoms with Gasteiger partial charge in [-0.05, 0) is 6.07 Å². The van der Waals surface area contributed by atoms with Crippen LogP contribution < -0.4 is 0 Å². The summed E-state index contributed by atoms with van der Waals surface area (Å²) in [5, 5.41) is 16.9. The Bertz CT molecular complexity index is 321. The monoisotopic (exact) mass is 193 g/mol. The summed E-state index contributed by atoms with van der Waals surface area (Å²) in [5.41, 5.74) is 0.706. The van der Waals surface area contributed by atoms with Gasteiger partial charge in [0.15, 0.2) is 5.90 Å². The quantitative estimate of drug-likeness (QED) is 0.572. The van der Waals surface area contributed by atoms with E-state index in [2.05, 4.69) is 0 Å². The molecule has 0 atom stereocenters. The summed E-state index contributed by atoms with van der Waals surface area (Å²) in [5.74, 6) is 0.540. The lowest BCUT2D eigenvalue weighted by Crippen LogP contribution is -2.10. The molecule has 0 aromatic heterocycles. The molecule has 3 heteroatoms. The first kappa shape index (κ1) is 10.6. The van der Waals surface area contributed by atoms with Crippen LogP contribution >= 0.6 is 0 Å². The van der Waals surface area contributed by atoms with Crippen LogP contribution in [0.2, 0.25) is 0 Å². The standard InChI is InChI=1S/C11H15NO2/c1-8(2)11(12)14-7-9-5-3-4-6-10(9)13/h3-6,8,12-13H,7H2,1-2H3. The smallest absolute Gasteiger partial charge is 0.183 e. The van der Waals surface area contributed by atoms with E-state index in [9.17, 15) is 5.11 Å². The highest BCUT2D eigenvalue weighted by atomic mass is 16.5. The fourth-order valence-electron chi connectivity index (χ4n) is 0.955. The Labute approximate surface area is 83.8 Å². The fraction of sp³-hybridized carbons (Fsp3) is 0.364. The van der Waals surface area contributed by atoms with Crippen LogP contribution in [0.4, 0.5) is 0 Å². The molecule has 0 fully saturated rings. The van der Waals surface area contributed by atoms with Gasteiger partial charge in [0.2, 0.25) is 0 Å². The first-order valence-corrected chi connectivity index (χ1v) is 4.59. The molecule has 0 radical (unpaired) electrons. The topological polar surface area (TPSA) is 53.3 Å². The molecule has 0 unspecified atom stereocenters. The van der Waals surface area contributed by atoms with Crippen LogP contribution in [-0.2, 0) is 11.3 Å². The molecule has 0 amide bonds. The minimum absolute atomic E-state index is 0.0841. The predicted molar refractivity (Wildman–Crippen MR) is 55.5 cm³/mol. The van der Waals surface area contributed by atoms with Crippen molar-refractivity contribution >= 4 is 5.90 Å². The zero-order valence-corrected chi connectivity index (χ0v) is 8.45. The molecule has 0 saturated carbocycles. The molecule has 0 aliphatic carbocycles. The summed E-state index contributed by atoms with van der Waals surface area (Å²) in [6.45, 7) is 4.05. The maximum atomic E-state index is 9.41. The number of hydrogen-bond donors (Lipinski definition) is 2. The lowest BCUT2D eigenvalue weighted by Gasteiger charge is -2.10. The second kappa shape index (κ2) is 4.65. The van der Waals surface area contributed by atoms with E-state index in [4.69, 9.17) is 10.1 Å². The number of benzene rings is 1. The number of para-hydroxylation sites is 1. The Morgan fingerprint density at radius 1 is 1.43 bits per heavy atom. The Hall–Kier alpha value is -1.51. The average Bonchev–Trinajstić information content (AvgIpc) is 2.16. The summed E-state index contributed by atoms with van der Waals surface area (Å²) in [4.78, 5) is 0. The molecule has 1 aromatic carbocycles. The van der Waals surface area contributed by atoms with Crippen molar-refractivity contribution in [2.75, 3.05) is 0 Å². The number of nitrogens with one attached hydrogen (secondary N) is 1. The molecule has 14 heavy (non-hydrogen) atoms. The number of hydrogen-bond acceptors (Lipinski definition) is 3. The lowest BCUT2D eigenvalue weighted by atomic mass is 10.2. The van der Waals surface area contributed by atoms with E-state index in [0.717, 1.165) is 0 Å². The maximum Gasteiger partial charge on any atom is 0.183 e. The number of rotatable bonds is 3. The van der Waals surface area contributed by atoms with Gasteiger partial charge in [-0.3, -0.25) is 5.41 Å². The van der Waals surface area contributed by atoms with E-state index in [1.54, 1.807) is 18.2 Å². The first-order chi connectivity index (χ1) is 6.61. The summed E-state index contributed by atoms with van der Waals surface area (Å²) in [6, 6.07) is 6.98. The zero-order chi connectivity index (χ0) is 10.6. The second-order valence-electron chi connectivity index (χ2n) is 3.44. The van der Waals surface area contributed by atoms with E-state index in [0.29, 0.717) is 5.56 Å². The van der Waals surface area contributed by atoms with Gasteiger partial charge in [-0.25, -0.2) is 0 Å². The first-order valence-electron chi connectivity index (χ1n) is 4.59. The highest BCUT2D eigenvalue weighted by molar-refractivity contribution is 5.74. The van der Waals surface area contributed by atoms with E-state index in [1.165, 1.54) is 0 Å². The molecule has 1 rings (SSSR count). The third-order valence-electron chi connectivity index (χ3n) is 1.90. The molecule has 76 valence electrons. The summed E-state index contributed by atoms with van der Waals surface area (Å²) >= 11 is 0. The van der Waals surface area contributed by atoms with Crippen molar-refractivity contribution in [3.05, 3.63) is 29.8 Å². The maximum absolute atomic E-state index is 9.41. The molecular weight excluding hydrogens is 178 g/mol. The van der Waals surface area contributed by atoms with Gasteiger partial charge in [0.05, 0.1) is 0 Å². The van der Waals surface area contributed by atoms with Crippen molar-refractivity contribution < 1.29 is 9.84 Å². The van der Waals surface area contributed by atoms with Crippen LogP contribution in [0.1, 0.15) is 19.4 Å². The number of ether oxygens (including phenoxy) is 1. The van der Waals surface area contributed by atoms with Gasteiger partial charge in [-0.2, -0.15) is 0 Å². The highest BCUT2D eigenvalue weighted by Crippen LogP contribution is 2.16. The largest absolute Gasteiger partial charge is 0.508 e. The predicted octanol–water partition coefficient (Wildman–Crippen LogP) is 2.54.